The molecule has 8 heteroatoms. The lowest BCUT2D eigenvalue weighted by Crippen LogP contribution is -2.48. The van der Waals surface area contributed by atoms with E-state index in [0.717, 1.165) is 18.4 Å². The van der Waals surface area contributed by atoms with E-state index < -0.39 is 17.9 Å². The highest BCUT2D eigenvalue weighted by molar-refractivity contribution is 5.95. The average Bonchev–Trinajstić information content (AvgIpc) is 3.62. The molecule has 1 aliphatic rings. The Bertz CT molecular complexity index is 1100. The van der Waals surface area contributed by atoms with Gasteiger partial charge in [-0.1, -0.05) is 60.7 Å². The number of carbonyl (C=O) groups excluding carboxylic acids is 3. The first-order valence-electron chi connectivity index (χ1n) is 11.7. The molecule has 4 rings (SSSR count). The highest BCUT2D eigenvalue weighted by atomic mass is 16.5. The summed E-state index contributed by atoms with van der Waals surface area (Å²) in [6.45, 7) is 0.985. The number of hydrogen-bond donors (Lipinski definition) is 2. The standard InChI is InChI=1S/C27H29N3O5/c31-24(18-29-26(32)23-14-8-16-35-23)30(19-20-9-3-1-4-10-20)25(21-11-5-2-6-12-21)27(33)28-17-22-13-7-15-34-22/h1-6,8-12,14,16,22,25H,7,13,15,17-19H2,(H,28,33)(H,29,32)/t22-,25-/m0/s1. The summed E-state index contributed by atoms with van der Waals surface area (Å²) in [5, 5.41) is 5.57. The van der Waals surface area contributed by atoms with Crippen molar-refractivity contribution in [2.45, 2.75) is 31.5 Å². The molecule has 1 saturated heterocycles. The van der Waals surface area contributed by atoms with E-state index in [1.54, 1.807) is 6.07 Å². The smallest absolute Gasteiger partial charge is 0.287 e. The lowest BCUT2D eigenvalue weighted by Gasteiger charge is -2.32. The van der Waals surface area contributed by atoms with E-state index in [1.807, 2.05) is 60.7 Å². The second-order valence-electron chi connectivity index (χ2n) is 8.36. The SMILES string of the molecule is O=C(NCC(=O)N(Cc1ccccc1)[C@H](C(=O)NC[C@@H]1CCCO1)c1ccccc1)c1ccco1. The minimum absolute atomic E-state index is 0.0266. The van der Waals surface area contributed by atoms with Crippen LogP contribution < -0.4 is 10.6 Å². The largest absolute Gasteiger partial charge is 0.459 e. The van der Waals surface area contributed by atoms with E-state index in [2.05, 4.69) is 10.6 Å². The van der Waals surface area contributed by atoms with Gasteiger partial charge in [0.15, 0.2) is 5.76 Å². The summed E-state index contributed by atoms with van der Waals surface area (Å²) in [7, 11) is 0. The number of nitrogens with one attached hydrogen (secondary N) is 2. The Hall–Kier alpha value is -3.91. The molecule has 1 aromatic heterocycles. The Morgan fingerprint density at radius 3 is 2.34 bits per heavy atom. The van der Waals surface area contributed by atoms with Crippen molar-refractivity contribution >= 4 is 17.7 Å². The molecule has 0 saturated carbocycles. The van der Waals surface area contributed by atoms with Gasteiger partial charge in [-0.05, 0) is 36.1 Å². The normalized spacial score (nSPS) is 15.8. The van der Waals surface area contributed by atoms with Gasteiger partial charge in [-0.15, -0.1) is 0 Å². The van der Waals surface area contributed by atoms with Crippen molar-refractivity contribution in [1.82, 2.24) is 15.5 Å². The fourth-order valence-electron chi connectivity index (χ4n) is 4.08. The number of nitrogens with zero attached hydrogens (tertiary/aromatic N) is 1. The van der Waals surface area contributed by atoms with Gasteiger partial charge in [-0.25, -0.2) is 0 Å². The predicted octanol–water partition coefficient (Wildman–Crippen LogP) is 3.07. The monoisotopic (exact) mass is 475 g/mol. The Labute approximate surface area is 204 Å². The Morgan fingerprint density at radius 1 is 0.943 bits per heavy atom. The molecule has 35 heavy (non-hydrogen) atoms. The molecule has 2 heterocycles. The van der Waals surface area contributed by atoms with Crippen molar-refractivity contribution in [2.24, 2.45) is 0 Å². The molecule has 3 amide bonds. The first-order valence-corrected chi connectivity index (χ1v) is 11.7. The van der Waals surface area contributed by atoms with E-state index in [9.17, 15) is 14.4 Å². The van der Waals surface area contributed by atoms with Crippen LogP contribution in [0.5, 0.6) is 0 Å². The number of furan rings is 1. The fraction of sp³-hybridized carbons (Fsp3) is 0.296. The van der Waals surface area contributed by atoms with Gasteiger partial charge >= 0.3 is 0 Å². The second-order valence-corrected chi connectivity index (χ2v) is 8.36. The number of hydrogen-bond acceptors (Lipinski definition) is 5. The van der Waals surface area contributed by atoms with Crippen LogP contribution in [0.15, 0.2) is 83.5 Å². The van der Waals surface area contributed by atoms with Crippen molar-refractivity contribution in [3.05, 3.63) is 95.9 Å². The van der Waals surface area contributed by atoms with Crippen LogP contribution in [-0.2, 0) is 20.9 Å². The van der Waals surface area contributed by atoms with Gasteiger partial charge in [0.25, 0.3) is 5.91 Å². The van der Waals surface area contributed by atoms with E-state index in [4.69, 9.17) is 9.15 Å². The Balaban J connectivity index is 1.57. The van der Waals surface area contributed by atoms with Crippen LogP contribution in [-0.4, -0.2) is 48.4 Å². The maximum atomic E-state index is 13.5. The van der Waals surface area contributed by atoms with Gasteiger partial charge < -0.3 is 24.7 Å². The van der Waals surface area contributed by atoms with Crippen molar-refractivity contribution in [3.63, 3.8) is 0 Å². The third-order valence-electron chi connectivity index (χ3n) is 5.86. The van der Waals surface area contributed by atoms with Crippen molar-refractivity contribution < 1.29 is 23.5 Å². The molecule has 0 unspecified atom stereocenters. The van der Waals surface area contributed by atoms with Gasteiger partial charge in [-0.3, -0.25) is 14.4 Å². The van der Waals surface area contributed by atoms with Crippen molar-refractivity contribution in [2.75, 3.05) is 19.7 Å². The van der Waals surface area contributed by atoms with Gasteiger partial charge in [-0.2, -0.15) is 0 Å². The quantitative estimate of drug-likeness (QED) is 0.469. The molecule has 0 spiro atoms. The van der Waals surface area contributed by atoms with Gasteiger partial charge in [0.1, 0.15) is 6.04 Å². The maximum absolute atomic E-state index is 13.5. The third-order valence-corrected chi connectivity index (χ3v) is 5.86. The highest BCUT2D eigenvalue weighted by Crippen LogP contribution is 2.24. The first-order chi connectivity index (χ1) is 17.1. The zero-order valence-electron chi connectivity index (χ0n) is 19.4. The van der Waals surface area contributed by atoms with E-state index >= 15 is 0 Å². The molecule has 1 fully saturated rings. The maximum Gasteiger partial charge on any atom is 0.287 e. The Kier molecular flexibility index (Phi) is 8.30. The highest BCUT2D eigenvalue weighted by Gasteiger charge is 2.32. The molecule has 0 bridgehead atoms. The molecular weight excluding hydrogens is 446 g/mol. The second kappa shape index (κ2) is 12.0. The molecule has 2 aromatic carbocycles. The van der Waals surface area contributed by atoms with Crippen LogP contribution in [0, 0.1) is 0 Å². The molecule has 8 nitrogen and oxygen atoms in total. The van der Waals surface area contributed by atoms with Gasteiger partial charge in [0.2, 0.25) is 11.8 Å². The molecule has 0 radical (unpaired) electrons. The summed E-state index contributed by atoms with van der Waals surface area (Å²) < 4.78 is 10.7. The molecule has 2 atom stereocenters. The zero-order chi connectivity index (χ0) is 24.5. The first kappa shape index (κ1) is 24.2. The van der Waals surface area contributed by atoms with E-state index in [-0.39, 0.29) is 30.9 Å². The molecule has 2 N–H and O–H groups in total. The third kappa shape index (κ3) is 6.58. The number of carbonyl (C=O) groups is 3. The van der Waals surface area contributed by atoms with Crippen LogP contribution in [0.4, 0.5) is 0 Å². The van der Waals surface area contributed by atoms with Crippen LogP contribution in [0.25, 0.3) is 0 Å². The number of amides is 3. The number of ether oxygens (including phenoxy) is 1. The number of rotatable bonds is 10. The molecule has 182 valence electrons. The van der Waals surface area contributed by atoms with Crippen molar-refractivity contribution in [3.8, 4) is 0 Å². The van der Waals surface area contributed by atoms with Crippen LogP contribution in [0.3, 0.4) is 0 Å². The van der Waals surface area contributed by atoms with Crippen LogP contribution >= 0.6 is 0 Å². The van der Waals surface area contributed by atoms with Gasteiger partial charge in [0.05, 0.1) is 18.9 Å². The number of benzene rings is 2. The summed E-state index contributed by atoms with van der Waals surface area (Å²) >= 11 is 0. The summed E-state index contributed by atoms with van der Waals surface area (Å²) in [6, 6.07) is 20.9. The summed E-state index contributed by atoms with van der Waals surface area (Å²) in [5.41, 5.74) is 1.55. The summed E-state index contributed by atoms with van der Waals surface area (Å²) in [4.78, 5) is 40.8. The fourth-order valence-corrected chi connectivity index (χ4v) is 4.08. The van der Waals surface area contributed by atoms with E-state index in [1.165, 1.54) is 17.2 Å². The lowest BCUT2D eigenvalue weighted by molar-refractivity contribution is -0.141. The topological polar surface area (TPSA) is 101 Å². The molecule has 3 aromatic rings. The van der Waals surface area contributed by atoms with Crippen LogP contribution in [0.1, 0.15) is 40.6 Å². The average molecular weight is 476 g/mol. The summed E-state index contributed by atoms with van der Waals surface area (Å²) in [5.74, 6) is -1.08. The zero-order valence-corrected chi connectivity index (χ0v) is 19.4. The van der Waals surface area contributed by atoms with Crippen molar-refractivity contribution in [1.29, 1.82) is 0 Å². The minimum Gasteiger partial charge on any atom is -0.459 e. The molecule has 1 aliphatic heterocycles. The lowest BCUT2D eigenvalue weighted by atomic mass is 10.0. The molecule has 0 aliphatic carbocycles. The minimum atomic E-state index is -0.883. The van der Waals surface area contributed by atoms with E-state index in [0.29, 0.717) is 18.7 Å². The predicted molar refractivity (Wildman–Crippen MR) is 129 cm³/mol. The Morgan fingerprint density at radius 2 is 1.69 bits per heavy atom. The summed E-state index contributed by atoms with van der Waals surface area (Å²) in [6.07, 6.45) is 3.22. The van der Waals surface area contributed by atoms with Gasteiger partial charge in [0, 0.05) is 19.7 Å². The molecular formula is C27H29N3O5. The van der Waals surface area contributed by atoms with Crippen LogP contribution in [0.2, 0.25) is 0 Å².